The summed E-state index contributed by atoms with van der Waals surface area (Å²) in [7, 11) is 0. The highest BCUT2D eigenvalue weighted by molar-refractivity contribution is 6.00. The van der Waals surface area contributed by atoms with Gasteiger partial charge in [0.05, 0.1) is 5.76 Å². The molecule has 8 heteroatoms. The molecule has 0 amide bonds. The van der Waals surface area contributed by atoms with E-state index in [9.17, 15) is 31.1 Å². The van der Waals surface area contributed by atoms with Gasteiger partial charge in [0, 0.05) is 11.8 Å². The van der Waals surface area contributed by atoms with E-state index in [1.54, 1.807) is 6.92 Å². The molecule has 0 bridgehead atoms. The van der Waals surface area contributed by atoms with Crippen LogP contribution in [0.25, 0.3) is 0 Å². The molecular weight excluding hydrogens is 326 g/mol. The maximum atomic E-state index is 12.6. The van der Waals surface area contributed by atoms with E-state index in [4.69, 9.17) is 0 Å². The van der Waals surface area contributed by atoms with Gasteiger partial charge in [0.25, 0.3) is 6.10 Å². The number of alkyl halides is 6. The Hall–Kier alpha value is -1.73. The molecule has 2 rings (SSSR count). The van der Waals surface area contributed by atoms with Crippen LogP contribution in [0.3, 0.4) is 0 Å². The van der Waals surface area contributed by atoms with E-state index >= 15 is 0 Å². The Balaban J connectivity index is 2.31. The lowest BCUT2D eigenvalue weighted by molar-refractivity contribution is -0.314. The number of rotatable bonds is 2. The zero-order valence-electron chi connectivity index (χ0n) is 12.0. The van der Waals surface area contributed by atoms with Crippen LogP contribution >= 0.6 is 0 Å². The van der Waals surface area contributed by atoms with Gasteiger partial charge in [-0.3, -0.25) is 4.79 Å². The number of carbonyl (C=O) groups is 1. The van der Waals surface area contributed by atoms with Gasteiger partial charge >= 0.3 is 12.4 Å². The van der Waals surface area contributed by atoms with Crippen molar-refractivity contribution in [3.63, 3.8) is 0 Å². The standard InChI is InChI=1S/C15H14F6O2/c1-9-6-11(23-12(14(16,17)18)15(19,20)21)8-13(7-9)4-2-10(22)3-5-13/h2-5,8-9,12H,6-7H2,1H3. The third kappa shape index (κ3) is 4.17. The van der Waals surface area contributed by atoms with Gasteiger partial charge < -0.3 is 4.74 Å². The molecule has 0 radical (unpaired) electrons. The molecule has 0 N–H and O–H groups in total. The molecule has 128 valence electrons. The maximum absolute atomic E-state index is 12.6. The second-order valence-electron chi connectivity index (χ2n) is 5.89. The third-order valence-electron chi connectivity index (χ3n) is 3.66. The van der Waals surface area contributed by atoms with Crippen LogP contribution < -0.4 is 0 Å². The molecule has 0 aromatic carbocycles. The summed E-state index contributed by atoms with van der Waals surface area (Å²) < 4.78 is 80.0. The largest absolute Gasteiger partial charge is 0.476 e. The van der Waals surface area contributed by atoms with Crippen molar-refractivity contribution in [2.24, 2.45) is 11.3 Å². The first kappa shape index (κ1) is 17.6. The Bertz CT molecular complexity index is 537. The molecule has 1 atom stereocenters. The van der Waals surface area contributed by atoms with Crippen molar-refractivity contribution < 1.29 is 35.9 Å². The summed E-state index contributed by atoms with van der Waals surface area (Å²) in [6.45, 7) is 1.70. The summed E-state index contributed by atoms with van der Waals surface area (Å²) in [6.07, 6.45) is -7.84. The van der Waals surface area contributed by atoms with Crippen LogP contribution in [0.1, 0.15) is 19.8 Å². The van der Waals surface area contributed by atoms with E-state index in [1.807, 2.05) is 0 Å². The van der Waals surface area contributed by atoms with Crippen LogP contribution in [0.2, 0.25) is 0 Å². The molecule has 23 heavy (non-hydrogen) atoms. The number of halogens is 6. The Morgan fingerprint density at radius 3 is 2.13 bits per heavy atom. The summed E-state index contributed by atoms with van der Waals surface area (Å²) >= 11 is 0. The van der Waals surface area contributed by atoms with Gasteiger partial charge in [-0.2, -0.15) is 26.3 Å². The summed E-state index contributed by atoms with van der Waals surface area (Å²) in [5, 5.41) is 0. The first-order valence-electron chi connectivity index (χ1n) is 6.85. The Kier molecular flexibility index (Phi) is 4.38. The SMILES string of the molecule is CC1CC(OC(C(F)(F)F)C(F)(F)F)=CC2(C=CC(=O)C=C2)C1. The van der Waals surface area contributed by atoms with E-state index in [1.165, 1.54) is 30.4 Å². The van der Waals surface area contributed by atoms with Gasteiger partial charge in [-0.25, -0.2) is 0 Å². The minimum absolute atomic E-state index is 0.0277. The fraction of sp³-hybridized carbons (Fsp3) is 0.533. The Morgan fingerprint density at radius 1 is 1.13 bits per heavy atom. The molecule has 0 saturated heterocycles. The van der Waals surface area contributed by atoms with Gasteiger partial charge in [0.15, 0.2) is 5.78 Å². The van der Waals surface area contributed by atoms with Crippen molar-refractivity contribution in [1.82, 2.24) is 0 Å². The molecule has 0 aliphatic heterocycles. The lowest BCUT2D eigenvalue weighted by Crippen LogP contribution is -2.44. The highest BCUT2D eigenvalue weighted by Crippen LogP contribution is 2.44. The highest BCUT2D eigenvalue weighted by Gasteiger charge is 2.59. The van der Waals surface area contributed by atoms with Crippen molar-refractivity contribution in [3.8, 4) is 0 Å². The van der Waals surface area contributed by atoms with Crippen molar-refractivity contribution in [3.05, 3.63) is 36.1 Å². The van der Waals surface area contributed by atoms with E-state index < -0.39 is 23.9 Å². The molecule has 0 aromatic rings. The Labute approximate surface area is 128 Å². The van der Waals surface area contributed by atoms with Crippen molar-refractivity contribution in [1.29, 1.82) is 0 Å². The van der Waals surface area contributed by atoms with E-state index in [0.29, 0.717) is 6.42 Å². The highest BCUT2D eigenvalue weighted by atomic mass is 19.4. The molecule has 0 fully saturated rings. The maximum Gasteiger partial charge on any atom is 0.434 e. The number of ether oxygens (including phenoxy) is 1. The van der Waals surface area contributed by atoms with Gasteiger partial charge in [0.1, 0.15) is 0 Å². The van der Waals surface area contributed by atoms with Crippen molar-refractivity contribution >= 4 is 5.78 Å². The zero-order valence-corrected chi connectivity index (χ0v) is 12.0. The number of carbonyl (C=O) groups excluding carboxylic acids is 1. The second-order valence-corrected chi connectivity index (χ2v) is 5.89. The van der Waals surface area contributed by atoms with Crippen LogP contribution in [-0.4, -0.2) is 24.2 Å². The van der Waals surface area contributed by atoms with E-state index in [-0.39, 0.29) is 23.9 Å². The number of hydrogen-bond donors (Lipinski definition) is 0. The van der Waals surface area contributed by atoms with E-state index in [0.717, 1.165) is 0 Å². The minimum Gasteiger partial charge on any atom is -0.476 e. The smallest absolute Gasteiger partial charge is 0.434 e. The van der Waals surface area contributed by atoms with Crippen LogP contribution in [0.4, 0.5) is 26.3 Å². The quantitative estimate of drug-likeness (QED) is 0.692. The molecule has 0 saturated carbocycles. The predicted molar refractivity (Wildman–Crippen MR) is 69.2 cm³/mol. The lowest BCUT2D eigenvalue weighted by atomic mass is 9.72. The number of ketones is 1. The third-order valence-corrected chi connectivity index (χ3v) is 3.66. The van der Waals surface area contributed by atoms with Gasteiger partial charge in [-0.1, -0.05) is 19.1 Å². The topological polar surface area (TPSA) is 26.3 Å². The fourth-order valence-corrected chi connectivity index (χ4v) is 2.81. The normalized spacial score (nSPS) is 24.3. The average molecular weight is 340 g/mol. The monoisotopic (exact) mass is 340 g/mol. The fourth-order valence-electron chi connectivity index (χ4n) is 2.81. The van der Waals surface area contributed by atoms with Gasteiger partial charge in [0.2, 0.25) is 0 Å². The number of hydrogen-bond acceptors (Lipinski definition) is 2. The van der Waals surface area contributed by atoms with Crippen LogP contribution in [0.5, 0.6) is 0 Å². The first-order valence-corrected chi connectivity index (χ1v) is 6.85. The average Bonchev–Trinajstić information content (AvgIpc) is 2.37. The van der Waals surface area contributed by atoms with Gasteiger partial charge in [-0.15, -0.1) is 0 Å². The second kappa shape index (κ2) is 5.72. The number of allylic oxidation sites excluding steroid dienone is 6. The summed E-state index contributed by atoms with van der Waals surface area (Å²) in [6, 6.07) is 0. The van der Waals surface area contributed by atoms with Crippen LogP contribution in [-0.2, 0) is 9.53 Å². The van der Waals surface area contributed by atoms with Gasteiger partial charge in [-0.05, 0) is 30.6 Å². The molecule has 0 aromatic heterocycles. The molecule has 0 heterocycles. The van der Waals surface area contributed by atoms with Crippen LogP contribution in [0.15, 0.2) is 36.1 Å². The summed E-state index contributed by atoms with van der Waals surface area (Å²) in [4.78, 5) is 11.2. The molecular formula is C15H14F6O2. The Morgan fingerprint density at radius 2 is 1.65 bits per heavy atom. The van der Waals surface area contributed by atoms with Crippen molar-refractivity contribution in [2.75, 3.05) is 0 Å². The summed E-state index contributed by atoms with van der Waals surface area (Å²) in [5.74, 6) is -0.847. The zero-order chi connectivity index (χ0) is 17.5. The molecule has 2 aliphatic carbocycles. The lowest BCUT2D eigenvalue weighted by Gasteiger charge is -2.36. The summed E-state index contributed by atoms with van der Waals surface area (Å²) in [5.41, 5.74) is -0.886. The predicted octanol–water partition coefficient (Wildman–Crippen LogP) is 4.49. The molecule has 2 nitrogen and oxygen atoms in total. The van der Waals surface area contributed by atoms with Crippen molar-refractivity contribution in [2.45, 2.75) is 38.2 Å². The molecule has 1 spiro atoms. The first-order chi connectivity index (χ1) is 10.4. The minimum atomic E-state index is -5.55. The molecule has 2 aliphatic rings. The van der Waals surface area contributed by atoms with E-state index in [2.05, 4.69) is 4.74 Å². The molecule has 1 unspecified atom stereocenters. The van der Waals surface area contributed by atoms with Crippen LogP contribution in [0, 0.1) is 11.3 Å².